The molecule has 0 aromatic carbocycles. The molecular weight excluding hydrogens is 448 g/mol. The Morgan fingerprint density at radius 3 is 1.28 bits per heavy atom. The van der Waals surface area contributed by atoms with E-state index in [1.54, 1.807) is 0 Å². The van der Waals surface area contributed by atoms with Crippen molar-refractivity contribution in [2.45, 2.75) is 145 Å². The molecule has 4 heteroatoms. The molecule has 2 atom stereocenters. The van der Waals surface area contributed by atoms with Crippen molar-refractivity contribution in [3.05, 3.63) is 0 Å². The van der Waals surface area contributed by atoms with Gasteiger partial charge >= 0.3 is 11.9 Å². The first kappa shape index (κ1) is 33.0. The maximum atomic E-state index is 12.6. The summed E-state index contributed by atoms with van der Waals surface area (Å²) in [5.74, 6) is 1.26. The van der Waals surface area contributed by atoms with E-state index in [1.807, 2.05) is 0 Å². The molecule has 1 saturated carbocycles. The molecule has 0 amide bonds. The third-order valence-electron chi connectivity index (χ3n) is 8.63. The fourth-order valence-electron chi connectivity index (χ4n) is 5.45. The molecule has 4 nitrogen and oxygen atoms in total. The Hall–Kier alpha value is -1.06. The fraction of sp³-hybridized carbons (Fsp3) is 0.938. The normalized spacial score (nSPS) is 20.6. The van der Waals surface area contributed by atoms with E-state index >= 15 is 0 Å². The highest BCUT2D eigenvalue weighted by atomic mass is 16.5. The molecule has 1 aliphatic carbocycles. The minimum absolute atomic E-state index is 0.0641. The minimum atomic E-state index is -0.0731. The van der Waals surface area contributed by atoms with Crippen LogP contribution in [0.15, 0.2) is 0 Å². The molecule has 0 aromatic rings. The number of hydrogen-bond donors (Lipinski definition) is 0. The van der Waals surface area contributed by atoms with Crippen molar-refractivity contribution < 1.29 is 19.1 Å². The van der Waals surface area contributed by atoms with Gasteiger partial charge in [-0.25, -0.2) is 0 Å². The quantitative estimate of drug-likeness (QED) is 0.173. The SMILES string of the molecule is CCCC(C)CCC(C)(C)CCOC(=O)C1CCC(C(=O)OCCC(C)(C)CCC(C)CCC)CC1. The average Bonchev–Trinajstić information content (AvgIpc) is 2.82. The van der Waals surface area contributed by atoms with Crippen molar-refractivity contribution in [3.63, 3.8) is 0 Å². The summed E-state index contributed by atoms with van der Waals surface area (Å²) in [6.45, 7) is 19.3. The van der Waals surface area contributed by atoms with E-state index in [1.165, 1.54) is 51.4 Å². The first-order valence-corrected chi connectivity index (χ1v) is 15.2. The summed E-state index contributed by atoms with van der Waals surface area (Å²) in [6.07, 6.45) is 14.7. The average molecular weight is 509 g/mol. The predicted molar refractivity (Wildman–Crippen MR) is 151 cm³/mol. The van der Waals surface area contributed by atoms with Crippen LogP contribution < -0.4 is 0 Å². The van der Waals surface area contributed by atoms with Crippen LogP contribution in [0, 0.1) is 34.5 Å². The van der Waals surface area contributed by atoms with Gasteiger partial charge in [-0.05, 0) is 74.0 Å². The van der Waals surface area contributed by atoms with E-state index in [2.05, 4.69) is 55.4 Å². The minimum Gasteiger partial charge on any atom is -0.465 e. The summed E-state index contributed by atoms with van der Waals surface area (Å²) >= 11 is 0. The third-order valence-corrected chi connectivity index (χ3v) is 8.63. The van der Waals surface area contributed by atoms with E-state index in [9.17, 15) is 9.59 Å². The number of rotatable bonds is 18. The summed E-state index contributed by atoms with van der Waals surface area (Å²) < 4.78 is 11.3. The molecule has 0 aromatic heterocycles. The van der Waals surface area contributed by atoms with Crippen LogP contribution in [0.1, 0.15) is 145 Å². The lowest BCUT2D eigenvalue weighted by molar-refractivity contribution is -0.156. The van der Waals surface area contributed by atoms with E-state index in [-0.39, 0.29) is 34.6 Å². The predicted octanol–water partition coefficient (Wildman–Crippen LogP) is 9.14. The van der Waals surface area contributed by atoms with E-state index < -0.39 is 0 Å². The van der Waals surface area contributed by atoms with Gasteiger partial charge in [-0.3, -0.25) is 9.59 Å². The molecule has 1 fully saturated rings. The van der Waals surface area contributed by atoms with Gasteiger partial charge in [-0.15, -0.1) is 0 Å². The highest BCUT2D eigenvalue weighted by Crippen LogP contribution is 2.33. The van der Waals surface area contributed by atoms with E-state index in [0.29, 0.717) is 13.2 Å². The van der Waals surface area contributed by atoms with Gasteiger partial charge in [0.15, 0.2) is 0 Å². The van der Waals surface area contributed by atoms with Gasteiger partial charge in [0.2, 0.25) is 0 Å². The molecule has 0 aliphatic heterocycles. The van der Waals surface area contributed by atoms with Crippen molar-refractivity contribution in [2.24, 2.45) is 34.5 Å². The van der Waals surface area contributed by atoms with Gasteiger partial charge < -0.3 is 9.47 Å². The molecule has 2 unspecified atom stereocenters. The second kappa shape index (κ2) is 16.7. The van der Waals surface area contributed by atoms with E-state index in [4.69, 9.17) is 9.47 Å². The van der Waals surface area contributed by atoms with Crippen LogP contribution in [0.3, 0.4) is 0 Å². The van der Waals surface area contributed by atoms with Crippen molar-refractivity contribution in [3.8, 4) is 0 Å². The maximum absolute atomic E-state index is 12.6. The van der Waals surface area contributed by atoms with Crippen molar-refractivity contribution in [1.29, 1.82) is 0 Å². The lowest BCUT2D eigenvalue weighted by atomic mass is 9.81. The Morgan fingerprint density at radius 1 is 0.639 bits per heavy atom. The topological polar surface area (TPSA) is 52.6 Å². The smallest absolute Gasteiger partial charge is 0.308 e. The van der Waals surface area contributed by atoms with Crippen molar-refractivity contribution in [2.75, 3.05) is 13.2 Å². The Kier molecular flexibility index (Phi) is 15.3. The van der Waals surface area contributed by atoms with E-state index in [0.717, 1.165) is 50.4 Å². The zero-order valence-electron chi connectivity index (χ0n) is 25.3. The molecule has 1 rings (SSSR count). The molecule has 0 N–H and O–H groups in total. The zero-order valence-corrected chi connectivity index (χ0v) is 25.3. The lowest BCUT2D eigenvalue weighted by Gasteiger charge is -2.29. The third kappa shape index (κ3) is 14.0. The maximum Gasteiger partial charge on any atom is 0.308 e. The molecular formula is C32H60O4. The summed E-state index contributed by atoms with van der Waals surface area (Å²) in [5, 5.41) is 0. The summed E-state index contributed by atoms with van der Waals surface area (Å²) in [7, 11) is 0. The van der Waals surface area contributed by atoms with Crippen LogP contribution in [0.4, 0.5) is 0 Å². The first-order chi connectivity index (χ1) is 16.9. The van der Waals surface area contributed by atoms with Crippen LogP contribution in [0.2, 0.25) is 0 Å². The largest absolute Gasteiger partial charge is 0.465 e. The second-order valence-electron chi connectivity index (χ2n) is 13.6. The van der Waals surface area contributed by atoms with Gasteiger partial charge in [0.05, 0.1) is 25.0 Å². The van der Waals surface area contributed by atoms with Gasteiger partial charge in [-0.2, -0.15) is 0 Å². The first-order valence-electron chi connectivity index (χ1n) is 15.2. The van der Waals surface area contributed by atoms with Gasteiger partial charge in [0, 0.05) is 0 Å². The molecule has 0 heterocycles. The summed E-state index contributed by atoms with van der Waals surface area (Å²) in [5.41, 5.74) is 0.401. The molecule has 36 heavy (non-hydrogen) atoms. The van der Waals surface area contributed by atoms with Crippen LogP contribution in [-0.2, 0) is 19.1 Å². The number of esters is 2. The lowest BCUT2D eigenvalue weighted by Crippen LogP contribution is -2.29. The van der Waals surface area contributed by atoms with Crippen LogP contribution in [-0.4, -0.2) is 25.2 Å². The Balaban J connectivity index is 2.26. The molecule has 1 aliphatic rings. The molecule has 0 saturated heterocycles. The molecule has 0 radical (unpaired) electrons. The number of carbonyl (C=O) groups excluding carboxylic acids is 2. The van der Waals surface area contributed by atoms with Gasteiger partial charge in [-0.1, -0.05) is 93.9 Å². The Labute approximate surface area is 224 Å². The molecule has 212 valence electrons. The van der Waals surface area contributed by atoms with Gasteiger partial charge in [0.25, 0.3) is 0 Å². The standard InChI is InChI=1S/C32H60O4/c1-9-11-25(3)17-19-31(5,6)21-23-35-29(33)27-13-15-28(16-14-27)30(34)36-24-22-32(7,8)20-18-26(4)12-10-2/h25-28H,9-24H2,1-8H3. The zero-order chi connectivity index (χ0) is 27.2. The summed E-state index contributed by atoms with van der Waals surface area (Å²) in [4.78, 5) is 25.2. The van der Waals surface area contributed by atoms with Crippen LogP contribution >= 0.6 is 0 Å². The van der Waals surface area contributed by atoms with Crippen LogP contribution in [0.25, 0.3) is 0 Å². The van der Waals surface area contributed by atoms with Crippen molar-refractivity contribution >= 4 is 11.9 Å². The van der Waals surface area contributed by atoms with Crippen molar-refractivity contribution in [1.82, 2.24) is 0 Å². The fourth-order valence-corrected chi connectivity index (χ4v) is 5.45. The molecule has 0 spiro atoms. The van der Waals surface area contributed by atoms with Gasteiger partial charge in [0.1, 0.15) is 0 Å². The summed E-state index contributed by atoms with van der Waals surface area (Å²) in [6, 6.07) is 0. The van der Waals surface area contributed by atoms with Crippen LogP contribution in [0.5, 0.6) is 0 Å². The highest BCUT2D eigenvalue weighted by molar-refractivity contribution is 5.75. The number of ether oxygens (including phenoxy) is 2. The highest BCUT2D eigenvalue weighted by Gasteiger charge is 2.32. The Bertz CT molecular complexity index is 562. The monoisotopic (exact) mass is 508 g/mol. The number of carbonyl (C=O) groups is 2. The second-order valence-corrected chi connectivity index (χ2v) is 13.6. The number of hydrogen-bond acceptors (Lipinski definition) is 4. The molecule has 0 bridgehead atoms. The Morgan fingerprint density at radius 2 is 0.972 bits per heavy atom.